The Balaban J connectivity index is 2.02. The Kier molecular flexibility index (Phi) is 5.47. The first-order valence-corrected chi connectivity index (χ1v) is 6.98. The van der Waals surface area contributed by atoms with E-state index in [0.29, 0.717) is 18.0 Å². The van der Waals surface area contributed by atoms with E-state index < -0.39 is 5.97 Å². The lowest BCUT2D eigenvalue weighted by atomic mass is 10.1. The third kappa shape index (κ3) is 4.95. The van der Waals surface area contributed by atoms with Gasteiger partial charge in [-0.25, -0.2) is 9.18 Å². The number of carboxylic acids is 1. The second-order valence-corrected chi connectivity index (χ2v) is 5.41. The Morgan fingerprint density at radius 1 is 1.52 bits per heavy atom. The van der Waals surface area contributed by atoms with Crippen LogP contribution in [0.2, 0.25) is 0 Å². The number of halogens is 1. The van der Waals surface area contributed by atoms with E-state index in [-0.39, 0.29) is 5.82 Å². The first-order valence-electron chi connectivity index (χ1n) is 6.98. The van der Waals surface area contributed by atoms with Crippen molar-refractivity contribution >= 4 is 12.0 Å². The lowest BCUT2D eigenvalue weighted by Crippen LogP contribution is -2.21. The van der Waals surface area contributed by atoms with E-state index in [9.17, 15) is 9.18 Å². The summed E-state index contributed by atoms with van der Waals surface area (Å²) in [5.41, 5.74) is 1.43. The molecule has 0 aliphatic carbocycles. The molecule has 0 saturated carbocycles. The summed E-state index contributed by atoms with van der Waals surface area (Å²) in [5.74, 6) is -0.845. The standard InChI is InChI=1S/C16H20FNO3/c1-21-11-13-4-5-18(9-13)10-14-6-12(2-3-16(19)20)7-15(17)8-14/h2-3,6-8,13H,4-5,9-11H2,1H3,(H,19,20). The van der Waals surface area contributed by atoms with Crippen molar-refractivity contribution in [3.8, 4) is 0 Å². The van der Waals surface area contributed by atoms with Crippen molar-refractivity contribution in [1.82, 2.24) is 4.90 Å². The molecule has 1 aliphatic heterocycles. The van der Waals surface area contributed by atoms with Crippen LogP contribution in [0.15, 0.2) is 24.3 Å². The summed E-state index contributed by atoms with van der Waals surface area (Å²) in [6.45, 7) is 3.35. The number of aliphatic carboxylic acids is 1. The number of ether oxygens (including phenoxy) is 1. The van der Waals surface area contributed by atoms with Crippen LogP contribution in [-0.2, 0) is 16.1 Å². The molecule has 1 unspecified atom stereocenters. The van der Waals surface area contributed by atoms with Crippen molar-refractivity contribution < 1.29 is 19.0 Å². The summed E-state index contributed by atoms with van der Waals surface area (Å²) in [6.07, 6.45) is 3.52. The highest BCUT2D eigenvalue weighted by Gasteiger charge is 2.22. The monoisotopic (exact) mass is 293 g/mol. The summed E-state index contributed by atoms with van der Waals surface area (Å²) in [4.78, 5) is 12.8. The topological polar surface area (TPSA) is 49.8 Å². The fourth-order valence-corrected chi connectivity index (χ4v) is 2.72. The smallest absolute Gasteiger partial charge is 0.328 e. The number of methoxy groups -OCH3 is 1. The Morgan fingerprint density at radius 3 is 3.05 bits per heavy atom. The fraction of sp³-hybridized carbons (Fsp3) is 0.438. The molecule has 21 heavy (non-hydrogen) atoms. The van der Waals surface area contributed by atoms with Gasteiger partial charge in [-0.05, 0) is 48.2 Å². The van der Waals surface area contributed by atoms with Crippen LogP contribution in [0, 0.1) is 11.7 Å². The maximum Gasteiger partial charge on any atom is 0.328 e. The lowest BCUT2D eigenvalue weighted by molar-refractivity contribution is -0.131. The molecule has 4 nitrogen and oxygen atoms in total. The number of rotatable bonds is 6. The Morgan fingerprint density at radius 2 is 2.33 bits per heavy atom. The second kappa shape index (κ2) is 7.33. The van der Waals surface area contributed by atoms with Gasteiger partial charge in [-0.1, -0.05) is 6.07 Å². The first kappa shape index (κ1) is 15.7. The highest BCUT2D eigenvalue weighted by Crippen LogP contribution is 2.20. The van der Waals surface area contributed by atoms with E-state index in [1.54, 1.807) is 7.11 Å². The summed E-state index contributed by atoms with van der Waals surface area (Å²) < 4.78 is 18.8. The van der Waals surface area contributed by atoms with Gasteiger partial charge >= 0.3 is 5.97 Å². The van der Waals surface area contributed by atoms with Crippen LogP contribution in [0.3, 0.4) is 0 Å². The predicted octanol–water partition coefficient (Wildman–Crippen LogP) is 2.39. The van der Waals surface area contributed by atoms with Crippen LogP contribution in [0.4, 0.5) is 4.39 Å². The summed E-state index contributed by atoms with van der Waals surface area (Å²) in [7, 11) is 1.70. The largest absolute Gasteiger partial charge is 0.478 e. The molecule has 1 atom stereocenters. The molecule has 0 bridgehead atoms. The molecule has 0 amide bonds. The van der Waals surface area contributed by atoms with Gasteiger partial charge in [0.25, 0.3) is 0 Å². The lowest BCUT2D eigenvalue weighted by Gasteiger charge is -2.16. The van der Waals surface area contributed by atoms with E-state index >= 15 is 0 Å². The zero-order chi connectivity index (χ0) is 15.2. The number of nitrogens with zero attached hydrogens (tertiary/aromatic N) is 1. The number of likely N-dealkylation sites (tertiary alicyclic amines) is 1. The molecule has 1 N–H and O–H groups in total. The summed E-state index contributed by atoms with van der Waals surface area (Å²) >= 11 is 0. The minimum absolute atomic E-state index is 0.342. The van der Waals surface area contributed by atoms with Crippen LogP contribution < -0.4 is 0 Å². The minimum atomic E-state index is -1.04. The van der Waals surface area contributed by atoms with Gasteiger partial charge in [0, 0.05) is 26.3 Å². The van der Waals surface area contributed by atoms with Gasteiger partial charge < -0.3 is 9.84 Å². The van der Waals surface area contributed by atoms with Gasteiger partial charge in [-0.2, -0.15) is 0 Å². The molecule has 2 rings (SSSR count). The number of carbonyl (C=O) groups is 1. The zero-order valence-electron chi connectivity index (χ0n) is 12.1. The minimum Gasteiger partial charge on any atom is -0.478 e. The molecule has 0 radical (unpaired) electrons. The molecule has 1 fully saturated rings. The molecular weight excluding hydrogens is 273 g/mol. The van der Waals surface area contributed by atoms with Crippen molar-refractivity contribution in [2.24, 2.45) is 5.92 Å². The number of carboxylic acid groups (broad SMARTS) is 1. The van der Waals surface area contributed by atoms with Crippen LogP contribution in [0.5, 0.6) is 0 Å². The van der Waals surface area contributed by atoms with Gasteiger partial charge in [-0.3, -0.25) is 4.90 Å². The van der Waals surface area contributed by atoms with Gasteiger partial charge in [0.15, 0.2) is 0 Å². The average molecular weight is 293 g/mol. The summed E-state index contributed by atoms with van der Waals surface area (Å²) in [5, 5.41) is 8.62. The van der Waals surface area contributed by atoms with Gasteiger partial charge in [-0.15, -0.1) is 0 Å². The van der Waals surface area contributed by atoms with E-state index in [0.717, 1.165) is 37.8 Å². The predicted molar refractivity (Wildman–Crippen MR) is 78.3 cm³/mol. The van der Waals surface area contributed by atoms with Gasteiger partial charge in [0.2, 0.25) is 0 Å². The van der Waals surface area contributed by atoms with E-state index in [4.69, 9.17) is 9.84 Å². The highest BCUT2D eigenvalue weighted by molar-refractivity contribution is 5.85. The maximum absolute atomic E-state index is 13.6. The summed E-state index contributed by atoms with van der Waals surface area (Å²) in [6, 6.07) is 4.66. The van der Waals surface area contributed by atoms with Crippen molar-refractivity contribution in [3.05, 3.63) is 41.2 Å². The van der Waals surface area contributed by atoms with Gasteiger partial charge in [0.05, 0.1) is 6.61 Å². The molecule has 1 aromatic rings. The van der Waals surface area contributed by atoms with Crippen molar-refractivity contribution in [2.75, 3.05) is 26.8 Å². The van der Waals surface area contributed by atoms with Crippen molar-refractivity contribution in [2.45, 2.75) is 13.0 Å². The molecule has 5 heteroatoms. The maximum atomic E-state index is 13.6. The second-order valence-electron chi connectivity index (χ2n) is 5.41. The molecule has 1 aliphatic rings. The molecule has 1 heterocycles. The Bertz CT molecular complexity index is 530. The molecule has 0 spiro atoms. The van der Waals surface area contributed by atoms with Crippen LogP contribution in [0.1, 0.15) is 17.5 Å². The van der Waals surface area contributed by atoms with Crippen LogP contribution >= 0.6 is 0 Å². The normalized spacial score (nSPS) is 19.4. The quantitative estimate of drug-likeness (QED) is 0.818. The molecule has 1 saturated heterocycles. The van der Waals surface area contributed by atoms with Crippen LogP contribution in [-0.4, -0.2) is 42.8 Å². The zero-order valence-corrected chi connectivity index (χ0v) is 12.1. The van der Waals surface area contributed by atoms with Crippen molar-refractivity contribution in [3.63, 3.8) is 0 Å². The van der Waals surface area contributed by atoms with Crippen molar-refractivity contribution in [1.29, 1.82) is 0 Å². The molecular formula is C16H20FNO3. The van der Waals surface area contributed by atoms with Gasteiger partial charge in [0.1, 0.15) is 5.82 Å². The average Bonchev–Trinajstić information content (AvgIpc) is 2.83. The number of hydrogen-bond acceptors (Lipinski definition) is 3. The number of benzene rings is 1. The highest BCUT2D eigenvalue weighted by atomic mass is 19.1. The molecule has 114 valence electrons. The third-order valence-corrected chi connectivity index (χ3v) is 3.58. The SMILES string of the molecule is COCC1CCN(Cc2cc(F)cc(C=CC(=O)O)c2)C1. The molecule has 1 aromatic carbocycles. The Hall–Kier alpha value is -1.72. The van der Waals surface area contributed by atoms with E-state index in [2.05, 4.69) is 4.90 Å². The third-order valence-electron chi connectivity index (χ3n) is 3.58. The van der Waals surface area contributed by atoms with Crippen LogP contribution in [0.25, 0.3) is 6.08 Å². The Labute approximate surface area is 123 Å². The first-order chi connectivity index (χ1) is 10.1. The number of hydrogen-bond donors (Lipinski definition) is 1. The molecule has 0 aromatic heterocycles. The van der Waals surface area contributed by atoms with E-state index in [1.807, 2.05) is 6.07 Å². The fourth-order valence-electron chi connectivity index (χ4n) is 2.72. The van der Waals surface area contributed by atoms with E-state index in [1.165, 1.54) is 18.2 Å².